The molecule has 0 saturated heterocycles. The minimum atomic E-state index is -0.243. The van der Waals surface area contributed by atoms with Gasteiger partial charge in [-0.25, -0.2) is 4.39 Å². The summed E-state index contributed by atoms with van der Waals surface area (Å²) < 4.78 is 24.7. The van der Waals surface area contributed by atoms with Gasteiger partial charge in [-0.1, -0.05) is 42.5 Å². The lowest BCUT2D eigenvalue weighted by atomic mass is 9.98. The number of furan rings is 1. The van der Waals surface area contributed by atoms with Gasteiger partial charge in [0.1, 0.15) is 17.7 Å². The van der Waals surface area contributed by atoms with Gasteiger partial charge in [-0.2, -0.15) is 0 Å². The maximum atomic E-state index is 13.1. The van der Waals surface area contributed by atoms with Crippen molar-refractivity contribution in [1.29, 1.82) is 0 Å². The van der Waals surface area contributed by atoms with Crippen molar-refractivity contribution in [3.05, 3.63) is 83.4 Å². The molecule has 0 saturated carbocycles. The Kier molecular flexibility index (Phi) is 2.86. The van der Waals surface area contributed by atoms with Crippen molar-refractivity contribution >= 4 is 0 Å². The highest BCUT2D eigenvalue weighted by Gasteiger charge is 2.31. The standard InChI is InChI=1S/C18H13FO2/c19-15-8-6-13(7-9-15)18-16-14(11-21-18)10-20-17(16)12-4-2-1-3-5-12/h1-10,18H,11H2. The number of hydrogen-bond donors (Lipinski definition) is 0. The first-order chi connectivity index (χ1) is 10.3. The predicted molar refractivity (Wildman–Crippen MR) is 77.2 cm³/mol. The number of fused-ring (bicyclic) bond motifs is 1. The summed E-state index contributed by atoms with van der Waals surface area (Å²) in [6.45, 7) is 0.522. The van der Waals surface area contributed by atoms with Crippen molar-refractivity contribution in [3.8, 4) is 11.3 Å². The van der Waals surface area contributed by atoms with Crippen molar-refractivity contribution in [3.63, 3.8) is 0 Å². The lowest BCUT2D eigenvalue weighted by Crippen LogP contribution is -1.99. The second kappa shape index (κ2) is 4.86. The van der Waals surface area contributed by atoms with Crippen LogP contribution in [0.4, 0.5) is 4.39 Å². The summed E-state index contributed by atoms with van der Waals surface area (Å²) in [5.41, 5.74) is 4.07. The van der Waals surface area contributed by atoms with Crippen LogP contribution in [0.5, 0.6) is 0 Å². The molecule has 2 heterocycles. The molecule has 1 aliphatic rings. The summed E-state index contributed by atoms with van der Waals surface area (Å²) in [5.74, 6) is 0.588. The summed E-state index contributed by atoms with van der Waals surface area (Å²) in [7, 11) is 0. The van der Waals surface area contributed by atoms with E-state index in [1.807, 2.05) is 30.3 Å². The molecule has 1 aromatic heterocycles. The minimum Gasteiger partial charge on any atom is -0.464 e. The fourth-order valence-corrected chi connectivity index (χ4v) is 2.77. The second-order valence-corrected chi connectivity index (χ2v) is 5.11. The van der Waals surface area contributed by atoms with E-state index in [0.29, 0.717) is 6.61 Å². The van der Waals surface area contributed by atoms with Crippen LogP contribution in [-0.4, -0.2) is 0 Å². The van der Waals surface area contributed by atoms with Crippen LogP contribution in [0.25, 0.3) is 11.3 Å². The van der Waals surface area contributed by atoms with Crippen molar-refractivity contribution in [2.45, 2.75) is 12.7 Å². The smallest absolute Gasteiger partial charge is 0.140 e. The van der Waals surface area contributed by atoms with Crippen LogP contribution in [0.3, 0.4) is 0 Å². The van der Waals surface area contributed by atoms with Gasteiger partial charge in [-0.3, -0.25) is 0 Å². The molecular weight excluding hydrogens is 267 g/mol. The Morgan fingerprint density at radius 2 is 1.71 bits per heavy atom. The zero-order valence-corrected chi connectivity index (χ0v) is 11.3. The van der Waals surface area contributed by atoms with Gasteiger partial charge < -0.3 is 9.15 Å². The average Bonchev–Trinajstić information content (AvgIpc) is 3.11. The van der Waals surface area contributed by atoms with E-state index in [9.17, 15) is 4.39 Å². The summed E-state index contributed by atoms with van der Waals surface area (Å²) >= 11 is 0. The van der Waals surface area contributed by atoms with Gasteiger partial charge >= 0.3 is 0 Å². The number of benzene rings is 2. The molecule has 1 unspecified atom stereocenters. The molecule has 0 amide bonds. The normalized spacial score (nSPS) is 16.9. The first-order valence-electron chi connectivity index (χ1n) is 6.85. The first kappa shape index (κ1) is 12.4. The Bertz CT molecular complexity index is 760. The maximum absolute atomic E-state index is 13.1. The average molecular weight is 280 g/mol. The third-order valence-corrected chi connectivity index (χ3v) is 3.79. The van der Waals surface area contributed by atoms with Crippen molar-refractivity contribution < 1.29 is 13.5 Å². The lowest BCUT2D eigenvalue weighted by molar-refractivity contribution is 0.0917. The van der Waals surface area contributed by atoms with E-state index in [1.54, 1.807) is 18.4 Å². The van der Waals surface area contributed by atoms with Gasteiger partial charge in [0.25, 0.3) is 0 Å². The SMILES string of the molecule is Fc1ccc(C2OCc3coc(-c4ccccc4)c32)cc1. The lowest BCUT2D eigenvalue weighted by Gasteiger charge is -2.12. The van der Waals surface area contributed by atoms with Crippen LogP contribution in [0, 0.1) is 5.82 Å². The molecule has 3 aromatic rings. The fourth-order valence-electron chi connectivity index (χ4n) is 2.77. The molecule has 4 rings (SSSR count). The van der Waals surface area contributed by atoms with Gasteiger partial charge in [-0.05, 0) is 17.7 Å². The second-order valence-electron chi connectivity index (χ2n) is 5.11. The van der Waals surface area contributed by atoms with Crippen LogP contribution in [0.1, 0.15) is 22.8 Å². The molecule has 2 aromatic carbocycles. The molecule has 0 fully saturated rings. The zero-order chi connectivity index (χ0) is 14.2. The molecule has 21 heavy (non-hydrogen) atoms. The topological polar surface area (TPSA) is 22.4 Å². The molecule has 1 atom stereocenters. The Balaban J connectivity index is 1.81. The third kappa shape index (κ3) is 2.06. The highest BCUT2D eigenvalue weighted by Crippen LogP contribution is 2.43. The minimum absolute atomic E-state index is 0.199. The van der Waals surface area contributed by atoms with Crippen LogP contribution in [0.15, 0.2) is 65.3 Å². The molecule has 3 heteroatoms. The molecule has 104 valence electrons. The Labute approximate surface area is 121 Å². The quantitative estimate of drug-likeness (QED) is 0.678. The number of halogens is 1. The van der Waals surface area contributed by atoms with Gasteiger partial charge in [0.15, 0.2) is 0 Å². The van der Waals surface area contributed by atoms with E-state index in [2.05, 4.69) is 0 Å². The third-order valence-electron chi connectivity index (χ3n) is 3.79. The fraction of sp³-hybridized carbons (Fsp3) is 0.111. The van der Waals surface area contributed by atoms with Crippen LogP contribution < -0.4 is 0 Å². The van der Waals surface area contributed by atoms with E-state index >= 15 is 0 Å². The summed E-state index contributed by atoms with van der Waals surface area (Å²) in [5, 5.41) is 0. The molecule has 1 aliphatic heterocycles. The highest BCUT2D eigenvalue weighted by molar-refractivity contribution is 5.65. The van der Waals surface area contributed by atoms with Gasteiger partial charge in [0.2, 0.25) is 0 Å². The molecular formula is C18H13FO2. The largest absolute Gasteiger partial charge is 0.464 e. The van der Waals surface area contributed by atoms with Crippen LogP contribution >= 0.6 is 0 Å². The molecule has 0 radical (unpaired) electrons. The van der Waals surface area contributed by atoms with Gasteiger partial charge in [-0.15, -0.1) is 0 Å². The zero-order valence-electron chi connectivity index (χ0n) is 11.3. The first-order valence-corrected chi connectivity index (χ1v) is 6.85. The van der Waals surface area contributed by atoms with E-state index in [0.717, 1.165) is 28.0 Å². The Hall–Kier alpha value is -2.39. The van der Waals surface area contributed by atoms with E-state index in [-0.39, 0.29) is 11.9 Å². The molecule has 0 bridgehead atoms. The summed E-state index contributed by atoms with van der Waals surface area (Å²) in [6, 6.07) is 16.4. The van der Waals surface area contributed by atoms with Crippen molar-refractivity contribution in [1.82, 2.24) is 0 Å². The molecule has 0 aliphatic carbocycles. The predicted octanol–water partition coefficient (Wildman–Crippen LogP) is 4.71. The maximum Gasteiger partial charge on any atom is 0.140 e. The summed E-state index contributed by atoms with van der Waals surface area (Å²) in [6.07, 6.45) is 1.55. The number of ether oxygens (including phenoxy) is 1. The summed E-state index contributed by atoms with van der Waals surface area (Å²) in [4.78, 5) is 0. The highest BCUT2D eigenvalue weighted by atomic mass is 19.1. The Morgan fingerprint density at radius 3 is 2.48 bits per heavy atom. The van der Waals surface area contributed by atoms with Crippen LogP contribution in [0.2, 0.25) is 0 Å². The molecule has 0 N–H and O–H groups in total. The van der Waals surface area contributed by atoms with E-state index in [1.165, 1.54) is 12.1 Å². The van der Waals surface area contributed by atoms with E-state index in [4.69, 9.17) is 9.15 Å². The molecule has 2 nitrogen and oxygen atoms in total. The van der Waals surface area contributed by atoms with Crippen molar-refractivity contribution in [2.75, 3.05) is 0 Å². The number of rotatable bonds is 2. The van der Waals surface area contributed by atoms with E-state index < -0.39 is 0 Å². The monoisotopic (exact) mass is 280 g/mol. The van der Waals surface area contributed by atoms with Gasteiger partial charge in [0.05, 0.1) is 12.9 Å². The Morgan fingerprint density at radius 1 is 0.952 bits per heavy atom. The van der Waals surface area contributed by atoms with Crippen LogP contribution in [-0.2, 0) is 11.3 Å². The van der Waals surface area contributed by atoms with Gasteiger partial charge in [0, 0.05) is 16.7 Å². The van der Waals surface area contributed by atoms with Crippen molar-refractivity contribution in [2.24, 2.45) is 0 Å². The number of hydrogen-bond acceptors (Lipinski definition) is 2. The molecule has 0 spiro atoms.